The van der Waals surface area contributed by atoms with Crippen LogP contribution in [0.5, 0.6) is 5.75 Å². The number of aliphatic hydroxyl groups is 1. The smallest absolute Gasteiger partial charge is 0.343 e. The van der Waals surface area contributed by atoms with Crippen LogP contribution in [0.3, 0.4) is 0 Å². The van der Waals surface area contributed by atoms with Gasteiger partial charge in [-0.05, 0) is 36.8 Å². The third kappa shape index (κ3) is 2.96. The number of ether oxygens (including phenoxy) is 2. The molecule has 1 atom stereocenters. The number of phenolic OH excluding ortho intramolecular Hbond substituents is 1. The zero-order valence-electron chi connectivity index (χ0n) is 17.9. The number of rotatable bonds is 3. The topological polar surface area (TPSA) is 128 Å². The van der Waals surface area contributed by atoms with Crippen molar-refractivity contribution in [2.45, 2.75) is 32.1 Å². The summed E-state index contributed by atoms with van der Waals surface area (Å²) in [6.45, 7) is 1.68. The molecule has 0 saturated heterocycles. The van der Waals surface area contributed by atoms with Gasteiger partial charge in [-0.2, -0.15) is 0 Å². The second-order valence-corrected chi connectivity index (χ2v) is 8.02. The van der Waals surface area contributed by atoms with E-state index in [-0.39, 0.29) is 42.0 Å². The van der Waals surface area contributed by atoms with Gasteiger partial charge in [0.2, 0.25) is 0 Å². The molecule has 0 saturated carbocycles. The number of pyridine rings is 2. The van der Waals surface area contributed by atoms with Gasteiger partial charge in [-0.3, -0.25) is 4.79 Å². The molecule has 2 N–H and O–H groups in total. The van der Waals surface area contributed by atoms with Crippen LogP contribution >= 0.6 is 0 Å². The van der Waals surface area contributed by atoms with Gasteiger partial charge in [-0.25, -0.2) is 14.6 Å². The number of benzene rings is 1. The highest BCUT2D eigenvalue weighted by Gasteiger charge is 2.45. The summed E-state index contributed by atoms with van der Waals surface area (Å²) < 4.78 is 11.2. The minimum absolute atomic E-state index is 0.0313. The highest BCUT2D eigenvalue weighted by atomic mass is 16.6. The quantitative estimate of drug-likeness (QED) is 0.360. The van der Waals surface area contributed by atoms with Crippen LogP contribution in [-0.4, -0.2) is 38.8 Å². The van der Waals surface area contributed by atoms with Crippen LogP contribution in [0.2, 0.25) is 0 Å². The Bertz CT molecular complexity index is 1450. The minimum atomic E-state index is -1.89. The first-order chi connectivity index (χ1) is 15.8. The molecule has 0 unspecified atom stereocenters. The Morgan fingerprint density at radius 3 is 2.85 bits per heavy atom. The summed E-state index contributed by atoms with van der Waals surface area (Å²) in [4.78, 5) is 41.8. The van der Waals surface area contributed by atoms with E-state index in [1.165, 1.54) is 29.9 Å². The van der Waals surface area contributed by atoms with E-state index in [2.05, 4.69) is 4.74 Å². The van der Waals surface area contributed by atoms with E-state index in [0.717, 1.165) is 5.56 Å². The Morgan fingerprint density at radius 1 is 1.33 bits per heavy atom. The minimum Gasteiger partial charge on any atom is -0.507 e. The Hall–Kier alpha value is -3.98. The summed E-state index contributed by atoms with van der Waals surface area (Å²) >= 11 is 0. The zero-order valence-corrected chi connectivity index (χ0v) is 17.9. The zero-order chi connectivity index (χ0) is 23.5. The highest BCUT2D eigenvalue weighted by Crippen LogP contribution is 2.39. The number of hydrogen-bond donors (Lipinski definition) is 2. The van der Waals surface area contributed by atoms with Crippen molar-refractivity contribution >= 4 is 28.9 Å². The highest BCUT2D eigenvalue weighted by molar-refractivity contribution is 5.97. The first kappa shape index (κ1) is 20.9. The standard InChI is InChI=1S/C24H20N2O7/c1-3-24(31)16-9-18-21-12(10-26(18)22(29)15(16)11-33-23(24)30)8-14-13(4-7-20(28)32-2)19(27)6-5-17(14)25-21/h4-9,27,31H,3,10-11H2,1-2H3/t24-/m0/s1. The SMILES string of the molecule is CC[C@@]1(O)C(=O)OCc2c1cc1n(c2=O)Cc2cc3c(C=CC(=O)OC)c(O)ccc3nc2-1. The van der Waals surface area contributed by atoms with Gasteiger partial charge in [0, 0.05) is 28.2 Å². The lowest BCUT2D eigenvalue weighted by atomic mass is 9.86. The van der Waals surface area contributed by atoms with E-state index >= 15 is 0 Å². The van der Waals surface area contributed by atoms with Gasteiger partial charge in [0.05, 0.1) is 36.1 Å². The van der Waals surface area contributed by atoms with Gasteiger partial charge in [-0.15, -0.1) is 0 Å². The number of cyclic esters (lactones) is 1. The Morgan fingerprint density at radius 2 is 2.12 bits per heavy atom. The van der Waals surface area contributed by atoms with E-state index in [9.17, 15) is 24.6 Å². The van der Waals surface area contributed by atoms with Gasteiger partial charge < -0.3 is 24.3 Å². The Kier molecular flexibility index (Phi) is 4.61. The number of carbonyl (C=O) groups excluding carboxylic acids is 2. The Labute approximate surface area is 187 Å². The van der Waals surface area contributed by atoms with E-state index in [1.54, 1.807) is 19.1 Å². The van der Waals surface area contributed by atoms with E-state index in [0.29, 0.717) is 27.9 Å². The normalized spacial score (nSPS) is 18.7. The van der Waals surface area contributed by atoms with E-state index < -0.39 is 17.5 Å². The summed E-state index contributed by atoms with van der Waals surface area (Å²) in [7, 11) is 1.26. The van der Waals surface area contributed by atoms with Crippen molar-refractivity contribution < 1.29 is 29.3 Å². The van der Waals surface area contributed by atoms with Crippen molar-refractivity contribution in [2.75, 3.05) is 7.11 Å². The fourth-order valence-electron chi connectivity index (χ4n) is 4.46. The van der Waals surface area contributed by atoms with E-state index in [4.69, 9.17) is 9.72 Å². The molecule has 2 aliphatic rings. The van der Waals surface area contributed by atoms with Crippen molar-refractivity contribution in [3.05, 3.63) is 62.9 Å². The van der Waals surface area contributed by atoms with Crippen LogP contribution < -0.4 is 5.56 Å². The van der Waals surface area contributed by atoms with E-state index in [1.807, 2.05) is 6.07 Å². The average Bonchev–Trinajstić information content (AvgIpc) is 3.17. The maximum absolute atomic E-state index is 13.2. The monoisotopic (exact) mass is 448 g/mol. The molecule has 2 aromatic heterocycles. The molecule has 2 aliphatic heterocycles. The van der Waals surface area contributed by atoms with Crippen LogP contribution in [0.1, 0.15) is 35.6 Å². The third-order valence-electron chi connectivity index (χ3n) is 6.30. The fraction of sp³-hybridized carbons (Fsp3) is 0.250. The summed E-state index contributed by atoms with van der Waals surface area (Å²) in [5.41, 5.74) is 0.976. The molecular formula is C24H20N2O7. The molecule has 1 aromatic carbocycles. The number of hydrogen-bond acceptors (Lipinski definition) is 8. The van der Waals surface area contributed by atoms with Crippen molar-refractivity contribution in [1.29, 1.82) is 0 Å². The summed E-state index contributed by atoms with van der Waals surface area (Å²) in [5, 5.41) is 21.9. The molecule has 0 bridgehead atoms. The van der Waals surface area contributed by atoms with Gasteiger partial charge in [0.25, 0.3) is 5.56 Å². The third-order valence-corrected chi connectivity index (χ3v) is 6.30. The lowest BCUT2D eigenvalue weighted by molar-refractivity contribution is -0.172. The number of esters is 2. The number of nitrogens with zero attached hydrogens (tertiary/aromatic N) is 2. The number of carbonyl (C=O) groups is 2. The molecule has 0 aliphatic carbocycles. The summed E-state index contributed by atoms with van der Waals surface area (Å²) in [5.74, 6) is -1.37. The summed E-state index contributed by atoms with van der Waals surface area (Å²) in [6.07, 6.45) is 2.72. The Balaban J connectivity index is 1.72. The maximum Gasteiger partial charge on any atom is 0.343 e. The second-order valence-electron chi connectivity index (χ2n) is 8.02. The largest absolute Gasteiger partial charge is 0.507 e. The predicted octanol–water partition coefficient (Wildman–Crippen LogP) is 1.97. The molecule has 168 valence electrons. The van der Waals surface area contributed by atoms with Gasteiger partial charge in [-0.1, -0.05) is 6.92 Å². The molecule has 0 radical (unpaired) electrons. The molecule has 33 heavy (non-hydrogen) atoms. The molecule has 9 heteroatoms. The molecule has 0 spiro atoms. The van der Waals surface area contributed by atoms with Gasteiger partial charge >= 0.3 is 11.9 Å². The van der Waals surface area contributed by atoms with Crippen molar-refractivity contribution in [3.8, 4) is 17.1 Å². The lowest BCUT2D eigenvalue weighted by Gasteiger charge is -2.31. The number of phenols is 1. The molecule has 5 rings (SSSR count). The fourth-order valence-corrected chi connectivity index (χ4v) is 4.46. The number of aromatic hydroxyl groups is 1. The molecule has 0 fully saturated rings. The van der Waals surface area contributed by atoms with Crippen molar-refractivity contribution in [1.82, 2.24) is 9.55 Å². The molecule has 4 heterocycles. The molecule has 3 aromatic rings. The molecule has 9 nitrogen and oxygen atoms in total. The second kappa shape index (κ2) is 7.28. The molecule has 0 amide bonds. The van der Waals surface area contributed by atoms with Crippen LogP contribution in [0.4, 0.5) is 0 Å². The number of aromatic nitrogens is 2. The van der Waals surface area contributed by atoms with Gasteiger partial charge in [0.1, 0.15) is 12.4 Å². The van der Waals surface area contributed by atoms with Crippen LogP contribution in [-0.2, 0) is 37.8 Å². The van der Waals surface area contributed by atoms with Crippen molar-refractivity contribution in [2.24, 2.45) is 0 Å². The number of methoxy groups -OCH3 is 1. The van der Waals surface area contributed by atoms with Crippen LogP contribution in [0, 0.1) is 0 Å². The summed E-state index contributed by atoms with van der Waals surface area (Å²) in [6, 6.07) is 6.57. The average molecular weight is 448 g/mol. The van der Waals surface area contributed by atoms with Gasteiger partial charge in [0.15, 0.2) is 5.60 Å². The maximum atomic E-state index is 13.2. The lowest BCUT2D eigenvalue weighted by Crippen LogP contribution is -2.44. The number of fused-ring (bicyclic) bond motifs is 5. The van der Waals surface area contributed by atoms with Crippen LogP contribution in [0.25, 0.3) is 28.4 Å². The van der Waals surface area contributed by atoms with Crippen LogP contribution in [0.15, 0.2) is 35.1 Å². The van der Waals surface area contributed by atoms with Crippen molar-refractivity contribution in [3.63, 3.8) is 0 Å². The first-order valence-corrected chi connectivity index (χ1v) is 10.4. The predicted molar refractivity (Wildman–Crippen MR) is 117 cm³/mol. The first-order valence-electron chi connectivity index (χ1n) is 10.4. The molecular weight excluding hydrogens is 428 g/mol.